The van der Waals surface area contributed by atoms with E-state index in [0.717, 1.165) is 33.4 Å². The molecule has 0 atom stereocenters. The number of hydrogen-bond acceptors (Lipinski definition) is 6. The van der Waals surface area contributed by atoms with Crippen molar-refractivity contribution in [3.05, 3.63) is 91.5 Å². The van der Waals surface area contributed by atoms with Gasteiger partial charge in [-0.25, -0.2) is 4.39 Å². The fourth-order valence-corrected chi connectivity index (χ4v) is 5.74. The molecule has 1 saturated heterocycles. The second-order valence-electron chi connectivity index (χ2n) is 9.23. The van der Waals surface area contributed by atoms with Gasteiger partial charge < -0.3 is 14.8 Å². The summed E-state index contributed by atoms with van der Waals surface area (Å²) < 4.78 is 26.2. The minimum atomic E-state index is -0.559. The van der Waals surface area contributed by atoms with Gasteiger partial charge in [0.25, 0.3) is 11.1 Å². The molecule has 0 unspecified atom stereocenters. The fraction of sp³-hybridized carbons (Fsp3) is 0.233. The zero-order chi connectivity index (χ0) is 29.0. The van der Waals surface area contributed by atoms with Gasteiger partial charge in [-0.1, -0.05) is 35.9 Å². The number of carbonyl (C=O) groups is 3. The van der Waals surface area contributed by atoms with Gasteiger partial charge in [-0.05, 0) is 96.4 Å². The highest BCUT2D eigenvalue weighted by atomic mass is 79.9. The maximum Gasteiger partial charge on any atom is 0.294 e. The van der Waals surface area contributed by atoms with Crippen LogP contribution in [0.1, 0.15) is 34.7 Å². The number of halogens is 2. The molecule has 3 aromatic rings. The molecule has 0 aromatic heterocycles. The summed E-state index contributed by atoms with van der Waals surface area (Å²) in [6, 6.07) is 13.6. The minimum absolute atomic E-state index is 0.00666. The quantitative estimate of drug-likeness (QED) is 0.254. The largest absolute Gasteiger partial charge is 0.490 e. The molecule has 1 N–H and O–H groups in total. The van der Waals surface area contributed by atoms with E-state index in [1.807, 2.05) is 39.8 Å². The summed E-state index contributed by atoms with van der Waals surface area (Å²) in [5, 5.41) is 2.30. The summed E-state index contributed by atoms with van der Waals surface area (Å²) in [7, 11) is 0. The zero-order valence-electron chi connectivity index (χ0n) is 22.5. The molecule has 1 heterocycles. The van der Waals surface area contributed by atoms with Crippen molar-refractivity contribution in [2.75, 3.05) is 18.5 Å². The Morgan fingerprint density at radius 2 is 1.77 bits per heavy atom. The second-order valence-corrected chi connectivity index (χ2v) is 11.1. The number of aryl methyl sites for hydroxylation is 3. The van der Waals surface area contributed by atoms with Crippen molar-refractivity contribution < 1.29 is 28.2 Å². The van der Waals surface area contributed by atoms with Crippen molar-refractivity contribution in [2.45, 2.75) is 34.3 Å². The highest BCUT2D eigenvalue weighted by Crippen LogP contribution is 2.40. The standard InChI is InChI=1S/C30H28BrFN2O5S/c1-5-38-24-13-20(12-22(31)28(24)39-16-21-8-6-7-9-23(21)32)14-25-29(36)34(30(37)40-25)15-26(35)33-27-18(3)10-17(2)11-19(27)4/h6-14H,5,15-16H2,1-4H3,(H,33,35)/b25-14-. The molecular weight excluding hydrogens is 599 g/mol. The number of amides is 3. The Bertz CT molecular complexity index is 1500. The summed E-state index contributed by atoms with van der Waals surface area (Å²) >= 11 is 4.24. The van der Waals surface area contributed by atoms with Crippen molar-refractivity contribution >= 4 is 56.5 Å². The average Bonchev–Trinajstić information content (AvgIpc) is 3.14. The number of imide groups is 1. The molecular formula is C30H28BrFN2O5S. The van der Waals surface area contributed by atoms with Crippen molar-refractivity contribution in [1.82, 2.24) is 4.90 Å². The third-order valence-corrected chi connectivity index (χ3v) is 7.57. The molecule has 1 fully saturated rings. The molecule has 40 heavy (non-hydrogen) atoms. The van der Waals surface area contributed by atoms with Crippen LogP contribution in [0.4, 0.5) is 14.9 Å². The van der Waals surface area contributed by atoms with Gasteiger partial charge in [0.05, 0.1) is 16.0 Å². The van der Waals surface area contributed by atoms with E-state index >= 15 is 0 Å². The summed E-state index contributed by atoms with van der Waals surface area (Å²) in [6.07, 6.45) is 1.56. The van der Waals surface area contributed by atoms with Gasteiger partial charge in [0.15, 0.2) is 11.5 Å². The molecule has 0 bridgehead atoms. The number of nitrogens with zero attached hydrogens (tertiary/aromatic N) is 1. The average molecular weight is 628 g/mol. The lowest BCUT2D eigenvalue weighted by Crippen LogP contribution is -2.36. The van der Waals surface area contributed by atoms with E-state index in [1.165, 1.54) is 6.07 Å². The smallest absolute Gasteiger partial charge is 0.294 e. The SMILES string of the molecule is CCOc1cc(/C=C2\SC(=O)N(CC(=O)Nc3c(C)cc(C)cc3C)C2=O)cc(Br)c1OCc1ccccc1F. The van der Waals surface area contributed by atoms with E-state index in [1.54, 1.807) is 36.4 Å². The maximum absolute atomic E-state index is 14.0. The van der Waals surface area contributed by atoms with Crippen LogP contribution in [-0.2, 0) is 16.2 Å². The number of nitrogens with one attached hydrogen (secondary N) is 1. The second kappa shape index (κ2) is 12.7. The minimum Gasteiger partial charge on any atom is -0.490 e. The van der Waals surface area contributed by atoms with Crippen LogP contribution in [0.3, 0.4) is 0 Å². The van der Waals surface area contributed by atoms with Crippen LogP contribution in [0.5, 0.6) is 11.5 Å². The molecule has 3 aromatic carbocycles. The Labute approximate surface area is 244 Å². The molecule has 10 heteroatoms. The number of carbonyl (C=O) groups excluding carboxylic acids is 3. The summed E-state index contributed by atoms with van der Waals surface area (Å²) in [5.74, 6) is -0.620. The fourth-order valence-electron chi connectivity index (χ4n) is 4.33. The Kier molecular flexibility index (Phi) is 9.32. The van der Waals surface area contributed by atoms with Crippen LogP contribution in [0, 0.1) is 26.6 Å². The number of anilines is 1. The van der Waals surface area contributed by atoms with E-state index in [0.29, 0.717) is 39.4 Å². The van der Waals surface area contributed by atoms with Crippen LogP contribution in [-0.4, -0.2) is 35.1 Å². The first-order valence-corrected chi connectivity index (χ1v) is 14.1. The number of ether oxygens (including phenoxy) is 2. The molecule has 0 spiro atoms. The van der Waals surface area contributed by atoms with Crippen LogP contribution >= 0.6 is 27.7 Å². The van der Waals surface area contributed by atoms with Crippen LogP contribution in [0.15, 0.2) is 57.9 Å². The molecule has 7 nitrogen and oxygen atoms in total. The summed E-state index contributed by atoms with van der Waals surface area (Å²) in [5.41, 5.74) is 4.52. The van der Waals surface area contributed by atoms with Crippen molar-refractivity contribution in [2.24, 2.45) is 0 Å². The van der Waals surface area contributed by atoms with E-state index in [2.05, 4.69) is 21.2 Å². The van der Waals surface area contributed by atoms with E-state index in [4.69, 9.17) is 9.47 Å². The van der Waals surface area contributed by atoms with E-state index in [-0.39, 0.29) is 17.3 Å². The Hall–Kier alpha value is -3.63. The normalized spacial score (nSPS) is 14.2. The molecule has 3 amide bonds. The predicted molar refractivity (Wildman–Crippen MR) is 158 cm³/mol. The van der Waals surface area contributed by atoms with Crippen LogP contribution in [0.2, 0.25) is 0 Å². The van der Waals surface area contributed by atoms with Gasteiger partial charge in [0.2, 0.25) is 5.91 Å². The Morgan fingerprint density at radius 1 is 1.07 bits per heavy atom. The highest BCUT2D eigenvalue weighted by molar-refractivity contribution is 9.10. The molecule has 1 aliphatic rings. The molecule has 208 valence electrons. The Morgan fingerprint density at radius 3 is 2.45 bits per heavy atom. The van der Waals surface area contributed by atoms with Crippen molar-refractivity contribution in [3.8, 4) is 11.5 Å². The van der Waals surface area contributed by atoms with Gasteiger partial charge in [0.1, 0.15) is 19.0 Å². The lowest BCUT2D eigenvalue weighted by Gasteiger charge is -2.16. The summed E-state index contributed by atoms with van der Waals surface area (Å²) in [6.45, 7) is 7.51. The van der Waals surface area contributed by atoms with Crippen molar-refractivity contribution in [3.63, 3.8) is 0 Å². The van der Waals surface area contributed by atoms with Crippen LogP contribution in [0.25, 0.3) is 6.08 Å². The van der Waals surface area contributed by atoms with Gasteiger partial charge >= 0.3 is 0 Å². The van der Waals surface area contributed by atoms with Gasteiger partial charge in [0, 0.05) is 11.3 Å². The number of rotatable bonds is 9. The zero-order valence-corrected chi connectivity index (χ0v) is 24.9. The maximum atomic E-state index is 14.0. The summed E-state index contributed by atoms with van der Waals surface area (Å²) in [4.78, 5) is 39.6. The van der Waals surface area contributed by atoms with Crippen molar-refractivity contribution in [1.29, 1.82) is 0 Å². The topological polar surface area (TPSA) is 84.9 Å². The molecule has 4 rings (SSSR count). The monoisotopic (exact) mass is 626 g/mol. The van der Waals surface area contributed by atoms with Gasteiger partial charge in [-0.3, -0.25) is 19.3 Å². The molecule has 0 aliphatic carbocycles. The van der Waals surface area contributed by atoms with Crippen LogP contribution < -0.4 is 14.8 Å². The third-order valence-electron chi connectivity index (χ3n) is 6.08. The molecule has 0 radical (unpaired) electrons. The molecule has 0 saturated carbocycles. The van der Waals surface area contributed by atoms with E-state index in [9.17, 15) is 18.8 Å². The first kappa shape index (κ1) is 29.4. The Balaban J connectivity index is 1.50. The molecule has 1 aliphatic heterocycles. The lowest BCUT2D eigenvalue weighted by molar-refractivity contribution is -0.127. The third kappa shape index (κ3) is 6.74. The number of thioether (sulfide) groups is 1. The van der Waals surface area contributed by atoms with Gasteiger partial charge in [-0.15, -0.1) is 0 Å². The highest BCUT2D eigenvalue weighted by Gasteiger charge is 2.36. The number of benzene rings is 3. The number of hydrogen-bond donors (Lipinski definition) is 1. The van der Waals surface area contributed by atoms with E-state index < -0.39 is 23.6 Å². The predicted octanol–water partition coefficient (Wildman–Crippen LogP) is 7.17. The lowest BCUT2D eigenvalue weighted by atomic mass is 10.1. The van der Waals surface area contributed by atoms with Gasteiger partial charge in [-0.2, -0.15) is 0 Å². The first-order chi connectivity index (χ1) is 19.1. The first-order valence-electron chi connectivity index (χ1n) is 12.5.